The van der Waals surface area contributed by atoms with Crippen molar-refractivity contribution in [1.29, 1.82) is 0 Å². The van der Waals surface area contributed by atoms with Crippen molar-refractivity contribution < 1.29 is 19.7 Å². The number of rotatable bonds is 5. The molecule has 4 nitrogen and oxygen atoms in total. The highest BCUT2D eigenvalue weighted by Crippen LogP contribution is 2.19. The molecule has 0 aliphatic rings. The van der Waals surface area contributed by atoms with Gasteiger partial charge in [-0.3, -0.25) is 0 Å². The zero-order valence-corrected chi connectivity index (χ0v) is 9.88. The van der Waals surface area contributed by atoms with Crippen molar-refractivity contribution in [2.75, 3.05) is 0 Å². The summed E-state index contributed by atoms with van der Waals surface area (Å²) in [6.45, 7) is 3.17. The highest BCUT2D eigenvalue weighted by atomic mass is 16.5. The van der Waals surface area contributed by atoms with Crippen LogP contribution in [0.4, 0.5) is 0 Å². The summed E-state index contributed by atoms with van der Waals surface area (Å²) < 4.78 is 5.44. The molecule has 17 heavy (non-hydrogen) atoms. The molecule has 0 amide bonds. The van der Waals surface area contributed by atoms with E-state index in [0.717, 1.165) is 0 Å². The lowest BCUT2D eigenvalue weighted by atomic mass is 10.1. The summed E-state index contributed by atoms with van der Waals surface area (Å²) in [5.41, 5.74) is 0.0169. The second kappa shape index (κ2) is 6.06. The van der Waals surface area contributed by atoms with Crippen molar-refractivity contribution in [3.63, 3.8) is 0 Å². The lowest BCUT2D eigenvalue weighted by Crippen LogP contribution is -2.19. The molecule has 0 aromatic heterocycles. The highest BCUT2D eigenvalue weighted by Gasteiger charge is 2.18. The van der Waals surface area contributed by atoms with Gasteiger partial charge in [-0.2, -0.15) is 0 Å². The Kier molecular flexibility index (Phi) is 4.72. The van der Waals surface area contributed by atoms with E-state index in [1.165, 1.54) is 6.92 Å². The van der Waals surface area contributed by atoms with Gasteiger partial charge in [-0.05, 0) is 25.5 Å². The lowest BCUT2D eigenvalue weighted by molar-refractivity contribution is -0.132. The lowest BCUT2D eigenvalue weighted by Gasteiger charge is -2.16. The molecule has 4 heteroatoms. The molecule has 0 bridgehead atoms. The number of benzene rings is 1. The Balaban J connectivity index is 3.01. The maximum Gasteiger partial charge on any atom is 0.334 e. The van der Waals surface area contributed by atoms with Gasteiger partial charge in [0.2, 0.25) is 0 Å². The smallest absolute Gasteiger partial charge is 0.334 e. The van der Waals surface area contributed by atoms with Crippen molar-refractivity contribution in [3.05, 3.63) is 41.7 Å². The average molecular weight is 236 g/mol. The van der Waals surface area contributed by atoms with Crippen molar-refractivity contribution in [2.45, 2.75) is 26.4 Å². The molecule has 2 N–H and O–H groups in total. The van der Waals surface area contributed by atoms with E-state index in [-0.39, 0.29) is 11.3 Å². The van der Waals surface area contributed by atoms with E-state index in [1.807, 2.05) is 6.07 Å². The number of carboxylic acid groups (broad SMARTS) is 1. The van der Waals surface area contributed by atoms with Gasteiger partial charge in [0.1, 0.15) is 17.6 Å². The van der Waals surface area contributed by atoms with E-state index in [1.54, 1.807) is 31.2 Å². The summed E-state index contributed by atoms with van der Waals surface area (Å²) >= 11 is 0. The first-order valence-corrected chi connectivity index (χ1v) is 5.41. The molecule has 0 aliphatic carbocycles. The number of hydrogen-bond donors (Lipinski definition) is 2. The zero-order valence-electron chi connectivity index (χ0n) is 9.88. The quantitative estimate of drug-likeness (QED) is 0.607. The third kappa shape index (κ3) is 3.60. The molecular weight excluding hydrogens is 220 g/mol. The fraction of sp³-hybridized carbons (Fsp3) is 0.308. The number of aliphatic hydroxyl groups excluding tert-OH is 1. The van der Waals surface area contributed by atoms with E-state index in [4.69, 9.17) is 9.84 Å². The standard InChI is InChI=1S/C13H16O4/c1-3-11(14)12(9(2)13(15)16)17-10-7-5-4-6-8-10/h4-8,11,14H,3H2,1-2H3,(H,15,16)/b12-9+. The van der Waals surface area contributed by atoms with Crippen LogP contribution < -0.4 is 4.74 Å². The average Bonchev–Trinajstić information content (AvgIpc) is 2.35. The molecule has 0 spiro atoms. The van der Waals surface area contributed by atoms with Crippen LogP contribution in [0.2, 0.25) is 0 Å². The summed E-state index contributed by atoms with van der Waals surface area (Å²) in [5, 5.41) is 18.7. The first-order valence-electron chi connectivity index (χ1n) is 5.41. The molecule has 1 aromatic carbocycles. The third-order valence-electron chi connectivity index (χ3n) is 2.35. The van der Waals surface area contributed by atoms with Crippen molar-refractivity contribution in [2.24, 2.45) is 0 Å². The van der Waals surface area contributed by atoms with E-state index >= 15 is 0 Å². The zero-order chi connectivity index (χ0) is 12.8. The van der Waals surface area contributed by atoms with Crippen LogP contribution in [0, 0.1) is 0 Å². The number of para-hydroxylation sites is 1. The number of carboxylic acids is 1. The minimum atomic E-state index is -1.09. The molecule has 1 atom stereocenters. The first-order chi connectivity index (χ1) is 8.06. The van der Waals surface area contributed by atoms with Crippen LogP contribution in [0.1, 0.15) is 20.3 Å². The Bertz CT molecular complexity index is 409. The van der Waals surface area contributed by atoms with Gasteiger partial charge in [0.25, 0.3) is 0 Å². The van der Waals surface area contributed by atoms with Gasteiger partial charge in [-0.1, -0.05) is 25.1 Å². The van der Waals surface area contributed by atoms with Gasteiger partial charge in [0.05, 0.1) is 5.57 Å². The summed E-state index contributed by atoms with van der Waals surface area (Å²) in [6.07, 6.45) is -0.515. The summed E-state index contributed by atoms with van der Waals surface area (Å²) in [4.78, 5) is 10.9. The van der Waals surface area contributed by atoms with E-state index in [0.29, 0.717) is 12.2 Å². The van der Waals surface area contributed by atoms with E-state index < -0.39 is 12.1 Å². The Hall–Kier alpha value is -1.81. The van der Waals surface area contributed by atoms with Crippen LogP contribution in [-0.4, -0.2) is 22.3 Å². The molecule has 0 aliphatic heterocycles. The Morgan fingerprint density at radius 2 is 1.94 bits per heavy atom. The third-order valence-corrected chi connectivity index (χ3v) is 2.35. The fourth-order valence-corrected chi connectivity index (χ4v) is 1.30. The number of aliphatic hydroxyl groups is 1. The second-order valence-corrected chi connectivity index (χ2v) is 3.63. The van der Waals surface area contributed by atoms with Crippen LogP contribution in [0.25, 0.3) is 0 Å². The second-order valence-electron chi connectivity index (χ2n) is 3.63. The molecule has 0 heterocycles. The van der Waals surface area contributed by atoms with Crippen LogP contribution in [-0.2, 0) is 4.79 Å². The fourth-order valence-electron chi connectivity index (χ4n) is 1.30. The molecular formula is C13H16O4. The molecule has 1 unspecified atom stereocenters. The maximum absolute atomic E-state index is 10.9. The largest absolute Gasteiger partial charge is 0.478 e. The molecule has 92 valence electrons. The number of carbonyl (C=O) groups is 1. The maximum atomic E-state index is 10.9. The topological polar surface area (TPSA) is 66.8 Å². The van der Waals surface area contributed by atoms with E-state index in [9.17, 15) is 9.90 Å². The van der Waals surface area contributed by atoms with Crippen LogP contribution in [0.3, 0.4) is 0 Å². The Labute approximate surface area is 100 Å². The minimum absolute atomic E-state index is 0.0169. The molecule has 0 radical (unpaired) electrons. The number of aliphatic carboxylic acids is 1. The normalized spacial score (nSPS) is 13.8. The molecule has 0 fully saturated rings. The minimum Gasteiger partial charge on any atom is -0.478 e. The number of hydrogen-bond acceptors (Lipinski definition) is 3. The summed E-state index contributed by atoms with van der Waals surface area (Å²) in [7, 11) is 0. The van der Waals surface area contributed by atoms with Crippen molar-refractivity contribution in [1.82, 2.24) is 0 Å². The predicted molar refractivity (Wildman–Crippen MR) is 63.7 cm³/mol. The van der Waals surface area contributed by atoms with Crippen LogP contribution in [0.5, 0.6) is 5.75 Å². The van der Waals surface area contributed by atoms with Gasteiger partial charge in [0.15, 0.2) is 0 Å². The molecule has 0 saturated heterocycles. The summed E-state index contributed by atoms with van der Waals surface area (Å²) in [6, 6.07) is 8.80. The molecule has 1 rings (SSSR count). The van der Waals surface area contributed by atoms with Crippen LogP contribution >= 0.6 is 0 Å². The van der Waals surface area contributed by atoms with Gasteiger partial charge < -0.3 is 14.9 Å². The highest BCUT2D eigenvalue weighted by molar-refractivity contribution is 5.86. The first kappa shape index (κ1) is 13.3. The van der Waals surface area contributed by atoms with E-state index in [2.05, 4.69) is 0 Å². The Morgan fingerprint density at radius 3 is 2.41 bits per heavy atom. The Morgan fingerprint density at radius 1 is 1.35 bits per heavy atom. The van der Waals surface area contributed by atoms with Crippen molar-refractivity contribution in [3.8, 4) is 5.75 Å². The monoisotopic (exact) mass is 236 g/mol. The van der Waals surface area contributed by atoms with Crippen LogP contribution in [0.15, 0.2) is 41.7 Å². The predicted octanol–water partition coefficient (Wildman–Crippen LogP) is 2.19. The van der Waals surface area contributed by atoms with Gasteiger partial charge in [-0.25, -0.2) is 4.79 Å². The van der Waals surface area contributed by atoms with Gasteiger partial charge >= 0.3 is 5.97 Å². The van der Waals surface area contributed by atoms with Gasteiger partial charge in [-0.15, -0.1) is 0 Å². The van der Waals surface area contributed by atoms with Gasteiger partial charge in [0, 0.05) is 0 Å². The van der Waals surface area contributed by atoms with Crippen molar-refractivity contribution >= 4 is 5.97 Å². The molecule has 1 aromatic rings. The SMILES string of the molecule is CCC(O)/C(Oc1ccccc1)=C(/C)C(=O)O. The number of ether oxygens (including phenoxy) is 1. The molecule has 0 saturated carbocycles. The summed E-state index contributed by atoms with van der Waals surface area (Å²) in [5.74, 6) is -0.495.